The number of nitrogens with one attached hydrogen (secondary N) is 1. The molecule has 2 aliphatic heterocycles. The van der Waals surface area contributed by atoms with E-state index in [1.54, 1.807) is 0 Å². The maximum absolute atomic E-state index is 11.8. The highest BCUT2D eigenvalue weighted by molar-refractivity contribution is 6.05. The van der Waals surface area contributed by atoms with E-state index >= 15 is 0 Å². The fourth-order valence-corrected chi connectivity index (χ4v) is 2.47. The van der Waals surface area contributed by atoms with E-state index in [1.165, 1.54) is 4.90 Å². The van der Waals surface area contributed by atoms with Gasteiger partial charge in [-0.1, -0.05) is 0 Å². The molecule has 5 heteroatoms. The number of hydrogen-bond donors (Lipinski definition) is 1. The number of imide groups is 1. The van der Waals surface area contributed by atoms with Crippen molar-refractivity contribution in [2.45, 2.75) is 44.8 Å². The molecule has 2 unspecified atom stereocenters. The Balaban J connectivity index is 1.72. The molecule has 0 aromatic heterocycles. The minimum atomic E-state index is -0.316. The first-order chi connectivity index (χ1) is 8.22. The molecule has 2 fully saturated rings. The third-order valence-electron chi connectivity index (χ3n) is 3.44. The average Bonchev–Trinajstić information content (AvgIpc) is 2.89. The first kappa shape index (κ1) is 12.5. The van der Waals surface area contributed by atoms with Gasteiger partial charge in [0.05, 0.1) is 18.6 Å². The van der Waals surface area contributed by atoms with Crippen molar-refractivity contribution in [1.82, 2.24) is 10.2 Å². The third-order valence-corrected chi connectivity index (χ3v) is 3.44. The van der Waals surface area contributed by atoms with Crippen LogP contribution in [-0.2, 0) is 14.3 Å². The number of hydrogen-bond acceptors (Lipinski definition) is 4. The SMILES string of the molecule is CCN1C(=O)CC(NCCC2CCCO2)C1=O. The Bertz CT molecular complexity index is 300. The lowest BCUT2D eigenvalue weighted by Gasteiger charge is -2.14. The van der Waals surface area contributed by atoms with Gasteiger partial charge in [0.15, 0.2) is 0 Å². The van der Waals surface area contributed by atoms with Crippen LogP contribution >= 0.6 is 0 Å². The fraction of sp³-hybridized carbons (Fsp3) is 0.833. The summed E-state index contributed by atoms with van der Waals surface area (Å²) in [5.74, 6) is -0.142. The van der Waals surface area contributed by atoms with Gasteiger partial charge >= 0.3 is 0 Å². The van der Waals surface area contributed by atoms with Gasteiger partial charge in [-0.3, -0.25) is 14.5 Å². The Hall–Kier alpha value is -0.940. The molecule has 2 saturated heterocycles. The maximum Gasteiger partial charge on any atom is 0.246 e. The molecule has 1 N–H and O–H groups in total. The highest BCUT2D eigenvalue weighted by Crippen LogP contribution is 2.16. The van der Waals surface area contributed by atoms with Gasteiger partial charge in [-0.2, -0.15) is 0 Å². The Morgan fingerprint density at radius 3 is 2.88 bits per heavy atom. The largest absolute Gasteiger partial charge is 0.378 e. The summed E-state index contributed by atoms with van der Waals surface area (Å²) < 4.78 is 5.51. The molecule has 0 bridgehead atoms. The summed E-state index contributed by atoms with van der Waals surface area (Å²) in [6.07, 6.45) is 3.80. The molecule has 2 atom stereocenters. The molecule has 2 amide bonds. The highest BCUT2D eigenvalue weighted by atomic mass is 16.5. The third kappa shape index (κ3) is 2.84. The number of nitrogens with zero attached hydrogens (tertiary/aromatic N) is 1. The van der Waals surface area contributed by atoms with Crippen LogP contribution in [0, 0.1) is 0 Å². The second-order valence-electron chi connectivity index (χ2n) is 4.61. The van der Waals surface area contributed by atoms with E-state index in [0.717, 1.165) is 32.4 Å². The van der Waals surface area contributed by atoms with E-state index in [0.29, 0.717) is 19.1 Å². The van der Waals surface area contributed by atoms with E-state index in [1.807, 2.05) is 6.92 Å². The lowest BCUT2D eigenvalue weighted by molar-refractivity contribution is -0.138. The normalized spacial score (nSPS) is 29.4. The minimum absolute atomic E-state index is 0.0629. The van der Waals surface area contributed by atoms with E-state index in [2.05, 4.69) is 5.32 Å². The summed E-state index contributed by atoms with van der Waals surface area (Å²) in [4.78, 5) is 24.6. The van der Waals surface area contributed by atoms with Crippen LogP contribution in [0.25, 0.3) is 0 Å². The summed E-state index contributed by atoms with van der Waals surface area (Å²) in [6, 6.07) is -0.316. The summed E-state index contributed by atoms with van der Waals surface area (Å²) in [5, 5.41) is 3.16. The van der Waals surface area contributed by atoms with Crippen molar-refractivity contribution in [3.8, 4) is 0 Å². The highest BCUT2D eigenvalue weighted by Gasteiger charge is 2.37. The van der Waals surface area contributed by atoms with Crippen molar-refractivity contribution in [2.24, 2.45) is 0 Å². The molecule has 2 heterocycles. The second-order valence-corrected chi connectivity index (χ2v) is 4.61. The monoisotopic (exact) mass is 240 g/mol. The molecule has 0 aromatic carbocycles. The average molecular weight is 240 g/mol. The number of ether oxygens (including phenoxy) is 1. The first-order valence-corrected chi connectivity index (χ1v) is 6.41. The van der Waals surface area contributed by atoms with E-state index in [-0.39, 0.29) is 17.9 Å². The molecule has 2 rings (SSSR count). The second kappa shape index (κ2) is 5.60. The zero-order chi connectivity index (χ0) is 12.3. The Morgan fingerprint density at radius 1 is 1.47 bits per heavy atom. The van der Waals surface area contributed by atoms with Gasteiger partial charge in [0.1, 0.15) is 0 Å². The summed E-state index contributed by atoms with van der Waals surface area (Å²) in [7, 11) is 0. The number of carbonyl (C=O) groups is 2. The molecule has 0 aliphatic carbocycles. The van der Waals surface area contributed by atoms with Gasteiger partial charge in [-0.05, 0) is 32.7 Å². The van der Waals surface area contributed by atoms with Gasteiger partial charge in [0.25, 0.3) is 0 Å². The predicted molar refractivity (Wildman–Crippen MR) is 62.4 cm³/mol. The molecule has 2 aliphatic rings. The Labute approximate surface area is 101 Å². The van der Waals surface area contributed by atoms with Gasteiger partial charge in [-0.25, -0.2) is 0 Å². The van der Waals surface area contributed by atoms with Crippen molar-refractivity contribution < 1.29 is 14.3 Å². The topological polar surface area (TPSA) is 58.6 Å². The van der Waals surface area contributed by atoms with E-state index < -0.39 is 0 Å². The van der Waals surface area contributed by atoms with Crippen molar-refractivity contribution >= 4 is 11.8 Å². The standard InChI is InChI=1S/C12H20N2O3/c1-2-14-11(15)8-10(12(14)16)13-6-5-9-4-3-7-17-9/h9-10,13H,2-8H2,1H3. The van der Waals surface area contributed by atoms with E-state index in [9.17, 15) is 9.59 Å². The predicted octanol–water partition coefficient (Wildman–Crippen LogP) is 0.293. The molecule has 0 aromatic rings. The number of rotatable bonds is 5. The van der Waals surface area contributed by atoms with E-state index in [4.69, 9.17) is 4.74 Å². The van der Waals surface area contributed by atoms with Crippen molar-refractivity contribution in [3.63, 3.8) is 0 Å². The van der Waals surface area contributed by atoms with Crippen LogP contribution in [0.2, 0.25) is 0 Å². The Morgan fingerprint density at radius 2 is 2.29 bits per heavy atom. The van der Waals surface area contributed by atoms with Gasteiger partial charge in [-0.15, -0.1) is 0 Å². The van der Waals surface area contributed by atoms with Crippen molar-refractivity contribution in [1.29, 1.82) is 0 Å². The molecule has 5 nitrogen and oxygen atoms in total. The molecular weight excluding hydrogens is 220 g/mol. The van der Waals surface area contributed by atoms with Gasteiger partial charge < -0.3 is 10.1 Å². The number of likely N-dealkylation sites (N-methyl/N-ethyl adjacent to an activating group) is 1. The Kier molecular flexibility index (Phi) is 4.12. The maximum atomic E-state index is 11.8. The summed E-state index contributed by atoms with van der Waals surface area (Å²) in [5.41, 5.74) is 0. The molecule has 0 spiro atoms. The zero-order valence-electron chi connectivity index (χ0n) is 10.3. The molecule has 0 radical (unpaired) electrons. The number of amides is 2. The fourth-order valence-electron chi connectivity index (χ4n) is 2.47. The van der Waals surface area contributed by atoms with Crippen molar-refractivity contribution in [2.75, 3.05) is 19.7 Å². The van der Waals surface area contributed by atoms with Crippen LogP contribution in [-0.4, -0.2) is 48.6 Å². The molecule has 0 saturated carbocycles. The van der Waals surface area contributed by atoms with Crippen LogP contribution in [0.15, 0.2) is 0 Å². The number of likely N-dealkylation sites (tertiary alicyclic amines) is 1. The van der Waals surface area contributed by atoms with Crippen LogP contribution in [0.4, 0.5) is 0 Å². The molecular formula is C12H20N2O3. The molecule has 96 valence electrons. The summed E-state index contributed by atoms with van der Waals surface area (Å²) in [6.45, 7) is 3.90. The smallest absolute Gasteiger partial charge is 0.246 e. The van der Waals surface area contributed by atoms with Crippen LogP contribution < -0.4 is 5.32 Å². The lowest BCUT2D eigenvalue weighted by atomic mass is 10.1. The van der Waals surface area contributed by atoms with Gasteiger partial charge in [0.2, 0.25) is 11.8 Å². The van der Waals surface area contributed by atoms with Crippen LogP contribution in [0.3, 0.4) is 0 Å². The minimum Gasteiger partial charge on any atom is -0.378 e. The lowest BCUT2D eigenvalue weighted by Crippen LogP contribution is -2.39. The first-order valence-electron chi connectivity index (χ1n) is 6.41. The zero-order valence-corrected chi connectivity index (χ0v) is 10.3. The number of carbonyl (C=O) groups excluding carboxylic acids is 2. The van der Waals surface area contributed by atoms with Crippen LogP contribution in [0.5, 0.6) is 0 Å². The quantitative estimate of drug-likeness (QED) is 0.702. The summed E-state index contributed by atoms with van der Waals surface area (Å²) >= 11 is 0. The van der Waals surface area contributed by atoms with Crippen LogP contribution in [0.1, 0.15) is 32.6 Å². The molecule has 17 heavy (non-hydrogen) atoms. The van der Waals surface area contributed by atoms with Gasteiger partial charge in [0, 0.05) is 13.2 Å². The van der Waals surface area contributed by atoms with Crippen molar-refractivity contribution in [3.05, 3.63) is 0 Å².